The van der Waals surface area contributed by atoms with Gasteiger partial charge in [-0.3, -0.25) is 9.48 Å². The zero-order chi connectivity index (χ0) is 27.4. The van der Waals surface area contributed by atoms with E-state index in [1.54, 1.807) is 35.0 Å². The molecule has 1 amide bonds. The maximum atomic E-state index is 13.1. The van der Waals surface area contributed by atoms with Crippen molar-refractivity contribution in [2.24, 2.45) is 5.92 Å². The van der Waals surface area contributed by atoms with Crippen molar-refractivity contribution in [1.82, 2.24) is 9.78 Å². The van der Waals surface area contributed by atoms with Crippen molar-refractivity contribution < 1.29 is 27.8 Å². The van der Waals surface area contributed by atoms with E-state index in [9.17, 15) is 18.8 Å². The number of hydrogen-bond donors (Lipinski definition) is 1. The summed E-state index contributed by atoms with van der Waals surface area (Å²) in [7, 11) is 0. The van der Waals surface area contributed by atoms with Crippen LogP contribution in [0.25, 0.3) is 11.3 Å². The first-order valence-corrected chi connectivity index (χ1v) is 12.7. The summed E-state index contributed by atoms with van der Waals surface area (Å²) in [6, 6.07) is 17.3. The Hall–Kier alpha value is -4.47. The Morgan fingerprint density at radius 2 is 1.92 bits per heavy atom. The minimum Gasteiger partial charge on any atom is -0.619 e. The second-order valence-corrected chi connectivity index (χ2v) is 9.57. The summed E-state index contributed by atoms with van der Waals surface area (Å²) >= 11 is 0. The molecule has 0 saturated heterocycles. The van der Waals surface area contributed by atoms with Gasteiger partial charge >= 0.3 is 6.61 Å². The van der Waals surface area contributed by atoms with Crippen LogP contribution in [0.2, 0.25) is 0 Å². The van der Waals surface area contributed by atoms with Crippen LogP contribution in [-0.2, 0) is 11.2 Å². The maximum Gasteiger partial charge on any atom is 0.387 e. The fraction of sp³-hybridized carbons (Fsp3) is 0.276. The fourth-order valence-corrected chi connectivity index (χ4v) is 4.32. The summed E-state index contributed by atoms with van der Waals surface area (Å²) < 4.78 is 39.3. The van der Waals surface area contributed by atoms with Crippen LogP contribution in [0.4, 0.5) is 14.5 Å². The van der Waals surface area contributed by atoms with Gasteiger partial charge < -0.3 is 20.0 Å². The standard InChI is InChI=1S/C29H28F2N4O4/c1-19(36)32-24-4-2-3-22(16-24)25-11-14-35(33-25)26(15-20-9-12-34(37)13-10-20)23-7-8-27(39-29(30)31)28(17-23)38-18-21-5-6-21/h2-4,7-14,16-17,21,26,29H,5-6,15,18H2,1H3,(H,32,36). The molecule has 0 aliphatic heterocycles. The van der Waals surface area contributed by atoms with E-state index in [-0.39, 0.29) is 23.4 Å². The molecule has 2 aromatic heterocycles. The molecule has 2 aromatic carbocycles. The Balaban J connectivity index is 1.50. The highest BCUT2D eigenvalue weighted by atomic mass is 19.3. The van der Waals surface area contributed by atoms with E-state index in [0.717, 1.165) is 29.5 Å². The molecule has 39 heavy (non-hydrogen) atoms. The van der Waals surface area contributed by atoms with Crippen LogP contribution in [-0.4, -0.2) is 28.9 Å². The van der Waals surface area contributed by atoms with Gasteiger partial charge in [-0.1, -0.05) is 18.2 Å². The zero-order valence-electron chi connectivity index (χ0n) is 21.3. The zero-order valence-corrected chi connectivity index (χ0v) is 21.3. The van der Waals surface area contributed by atoms with Crippen LogP contribution in [0, 0.1) is 11.1 Å². The first-order valence-electron chi connectivity index (χ1n) is 12.7. The average molecular weight is 535 g/mol. The Morgan fingerprint density at radius 3 is 2.64 bits per heavy atom. The smallest absolute Gasteiger partial charge is 0.387 e. The monoisotopic (exact) mass is 534 g/mol. The summed E-state index contributed by atoms with van der Waals surface area (Å²) in [6.07, 6.45) is 7.29. The molecular formula is C29H28F2N4O4. The first-order chi connectivity index (χ1) is 18.8. The lowest BCUT2D eigenvalue weighted by atomic mass is 9.99. The highest BCUT2D eigenvalue weighted by molar-refractivity contribution is 5.89. The van der Waals surface area contributed by atoms with Crippen LogP contribution < -0.4 is 19.5 Å². The van der Waals surface area contributed by atoms with Gasteiger partial charge in [0.05, 0.1) is 18.3 Å². The van der Waals surface area contributed by atoms with E-state index in [0.29, 0.717) is 35.1 Å². The van der Waals surface area contributed by atoms with Gasteiger partial charge in [-0.25, -0.2) is 0 Å². The molecule has 1 unspecified atom stereocenters. The van der Waals surface area contributed by atoms with Gasteiger partial charge in [0, 0.05) is 36.5 Å². The molecule has 202 valence electrons. The molecule has 10 heteroatoms. The normalized spacial score (nSPS) is 13.7. The first kappa shape index (κ1) is 26.1. The molecule has 1 saturated carbocycles. The van der Waals surface area contributed by atoms with Gasteiger partial charge in [0.1, 0.15) is 0 Å². The lowest BCUT2D eigenvalue weighted by molar-refractivity contribution is -0.605. The number of aromatic nitrogens is 3. The Morgan fingerprint density at radius 1 is 1.13 bits per heavy atom. The van der Waals surface area contributed by atoms with E-state index in [2.05, 4.69) is 5.32 Å². The highest BCUT2D eigenvalue weighted by Crippen LogP contribution is 2.37. The number of hydrogen-bond acceptors (Lipinski definition) is 5. The lowest BCUT2D eigenvalue weighted by Crippen LogP contribution is -2.24. The molecule has 0 bridgehead atoms. The molecule has 1 N–H and O–H groups in total. The summed E-state index contributed by atoms with van der Waals surface area (Å²) in [5.41, 5.74) is 3.85. The molecule has 1 aliphatic carbocycles. The topological polar surface area (TPSA) is 92.3 Å². The molecule has 1 aliphatic rings. The third-order valence-electron chi connectivity index (χ3n) is 6.45. The minimum atomic E-state index is -2.97. The molecule has 2 heterocycles. The number of nitrogens with zero attached hydrogens (tertiary/aromatic N) is 3. The number of anilines is 1. The number of nitrogens with one attached hydrogen (secondary N) is 1. The van der Waals surface area contributed by atoms with Crippen molar-refractivity contribution in [3.05, 3.63) is 95.6 Å². The van der Waals surface area contributed by atoms with Gasteiger partial charge in [0.2, 0.25) is 5.91 Å². The molecule has 5 rings (SSSR count). The SMILES string of the molecule is CC(=O)Nc1cccc(-c2ccn(C(Cc3cc[n+]([O-])cc3)c3ccc(OC(F)F)c(OCC4CC4)c3)n2)c1. The number of halogens is 2. The number of carbonyl (C=O) groups is 1. The van der Waals surface area contributed by atoms with Gasteiger partial charge in [0.25, 0.3) is 0 Å². The van der Waals surface area contributed by atoms with Gasteiger partial charge in [-0.15, -0.1) is 0 Å². The van der Waals surface area contributed by atoms with E-state index in [1.807, 2.05) is 30.5 Å². The predicted octanol–water partition coefficient (Wildman–Crippen LogP) is 5.36. The van der Waals surface area contributed by atoms with Crippen molar-refractivity contribution in [2.45, 2.75) is 38.8 Å². The van der Waals surface area contributed by atoms with Crippen molar-refractivity contribution in [2.75, 3.05) is 11.9 Å². The molecule has 1 fully saturated rings. The predicted molar refractivity (Wildman–Crippen MR) is 141 cm³/mol. The van der Waals surface area contributed by atoms with E-state index in [4.69, 9.17) is 14.6 Å². The second-order valence-electron chi connectivity index (χ2n) is 9.57. The molecule has 8 nitrogen and oxygen atoms in total. The van der Waals surface area contributed by atoms with E-state index >= 15 is 0 Å². The number of benzene rings is 2. The summed E-state index contributed by atoms with van der Waals surface area (Å²) in [5.74, 6) is 0.495. The number of rotatable bonds is 11. The minimum absolute atomic E-state index is 0.0174. The quantitative estimate of drug-likeness (QED) is 0.207. The molecule has 0 spiro atoms. The van der Waals surface area contributed by atoms with E-state index in [1.165, 1.54) is 25.4 Å². The summed E-state index contributed by atoms with van der Waals surface area (Å²) in [6.45, 7) is -1.09. The molecule has 1 atom stereocenters. The maximum absolute atomic E-state index is 13.1. The number of amides is 1. The molecule has 0 radical (unpaired) electrons. The second kappa shape index (κ2) is 11.5. The number of ether oxygens (including phenoxy) is 2. The van der Waals surface area contributed by atoms with Crippen LogP contribution >= 0.6 is 0 Å². The number of alkyl halides is 2. The third kappa shape index (κ3) is 6.90. The largest absolute Gasteiger partial charge is 0.619 e. The van der Waals surface area contributed by atoms with Crippen molar-refractivity contribution in [3.63, 3.8) is 0 Å². The Bertz CT molecular complexity index is 1440. The van der Waals surface area contributed by atoms with Crippen LogP contribution in [0.1, 0.15) is 36.9 Å². The van der Waals surface area contributed by atoms with Gasteiger partial charge in [-0.05, 0) is 66.6 Å². The fourth-order valence-electron chi connectivity index (χ4n) is 4.32. The van der Waals surface area contributed by atoms with Gasteiger partial charge in [0.15, 0.2) is 23.9 Å². The molecule has 4 aromatic rings. The van der Waals surface area contributed by atoms with Crippen molar-refractivity contribution in [1.29, 1.82) is 0 Å². The highest BCUT2D eigenvalue weighted by Gasteiger charge is 2.24. The summed E-state index contributed by atoms with van der Waals surface area (Å²) in [4.78, 5) is 11.5. The van der Waals surface area contributed by atoms with Gasteiger partial charge in [-0.2, -0.15) is 18.6 Å². The van der Waals surface area contributed by atoms with Crippen LogP contribution in [0.3, 0.4) is 0 Å². The average Bonchev–Trinajstić information content (AvgIpc) is 3.61. The van der Waals surface area contributed by atoms with Crippen molar-refractivity contribution >= 4 is 11.6 Å². The van der Waals surface area contributed by atoms with Crippen LogP contribution in [0.5, 0.6) is 11.5 Å². The van der Waals surface area contributed by atoms with Crippen molar-refractivity contribution in [3.8, 4) is 22.8 Å². The lowest BCUT2D eigenvalue weighted by Gasteiger charge is -2.21. The third-order valence-corrected chi connectivity index (χ3v) is 6.45. The molecular weight excluding hydrogens is 506 g/mol. The Labute approximate surface area is 224 Å². The van der Waals surface area contributed by atoms with E-state index < -0.39 is 6.61 Å². The number of carbonyl (C=O) groups excluding carboxylic acids is 1. The Kier molecular flexibility index (Phi) is 7.72. The van der Waals surface area contributed by atoms with Crippen LogP contribution in [0.15, 0.2) is 79.3 Å². The number of pyridine rings is 1. The summed E-state index contributed by atoms with van der Waals surface area (Å²) in [5, 5.41) is 19.2.